The Morgan fingerprint density at radius 1 is 1.15 bits per heavy atom. The van der Waals surface area contributed by atoms with E-state index in [4.69, 9.17) is 0 Å². The molecular formula is C18H30O2. The van der Waals surface area contributed by atoms with Crippen LogP contribution < -0.4 is 0 Å². The lowest BCUT2D eigenvalue weighted by atomic mass is 9.45. The maximum atomic E-state index is 11.3. The highest BCUT2D eigenvalue weighted by Gasteiger charge is 2.57. The molecule has 2 saturated carbocycles. The van der Waals surface area contributed by atoms with Crippen LogP contribution in [0.25, 0.3) is 0 Å². The first-order chi connectivity index (χ1) is 9.09. The summed E-state index contributed by atoms with van der Waals surface area (Å²) in [4.78, 5) is 11.3. The lowest BCUT2D eigenvalue weighted by Crippen LogP contribution is -2.56. The maximum Gasteiger partial charge on any atom is 0.152 e. The van der Waals surface area contributed by atoms with E-state index in [1.165, 1.54) is 12.8 Å². The summed E-state index contributed by atoms with van der Waals surface area (Å²) >= 11 is 0. The zero-order chi connectivity index (χ0) is 15.2. The highest BCUT2D eigenvalue weighted by molar-refractivity contribution is 5.87. The van der Waals surface area contributed by atoms with Gasteiger partial charge in [0.05, 0.1) is 5.60 Å². The molecule has 2 nitrogen and oxygen atoms in total. The summed E-state index contributed by atoms with van der Waals surface area (Å²) in [5, 5.41) is 10.9. The molecule has 4 atom stereocenters. The highest BCUT2D eigenvalue weighted by Crippen LogP contribution is 2.62. The zero-order valence-electron chi connectivity index (χ0n) is 13.7. The first-order valence-corrected chi connectivity index (χ1v) is 8.01. The van der Waals surface area contributed by atoms with E-state index in [1.807, 2.05) is 13.0 Å². The Balaban J connectivity index is 2.40. The molecule has 2 rings (SSSR count). The number of hydrogen-bond acceptors (Lipinski definition) is 2. The van der Waals surface area contributed by atoms with E-state index in [1.54, 1.807) is 13.0 Å². The van der Waals surface area contributed by atoms with Crippen LogP contribution in [0.5, 0.6) is 0 Å². The van der Waals surface area contributed by atoms with E-state index in [-0.39, 0.29) is 17.1 Å². The van der Waals surface area contributed by atoms with Gasteiger partial charge < -0.3 is 5.11 Å². The minimum Gasteiger partial charge on any atom is -0.390 e. The van der Waals surface area contributed by atoms with Crippen molar-refractivity contribution < 1.29 is 9.90 Å². The largest absolute Gasteiger partial charge is 0.390 e. The first kappa shape index (κ1) is 15.8. The van der Waals surface area contributed by atoms with Gasteiger partial charge in [0.25, 0.3) is 0 Å². The first-order valence-electron chi connectivity index (χ1n) is 8.01. The van der Waals surface area contributed by atoms with Gasteiger partial charge >= 0.3 is 0 Å². The van der Waals surface area contributed by atoms with Crippen LogP contribution in [0, 0.1) is 22.7 Å². The van der Waals surface area contributed by atoms with Gasteiger partial charge in [0.1, 0.15) is 0 Å². The Hall–Kier alpha value is -0.630. The topological polar surface area (TPSA) is 37.3 Å². The van der Waals surface area contributed by atoms with Crippen molar-refractivity contribution in [2.75, 3.05) is 0 Å². The number of fused-ring (bicyclic) bond motifs is 1. The number of carbonyl (C=O) groups is 1. The van der Waals surface area contributed by atoms with Crippen LogP contribution >= 0.6 is 0 Å². The van der Waals surface area contributed by atoms with Crippen LogP contribution in [0.15, 0.2) is 12.2 Å². The van der Waals surface area contributed by atoms with E-state index < -0.39 is 5.60 Å². The lowest BCUT2D eigenvalue weighted by molar-refractivity contribution is -0.149. The molecule has 1 N–H and O–H groups in total. The Morgan fingerprint density at radius 3 is 2.40 bits per heavy atom. The molecule has 0 radical (unpaired) electrons. The van der Waals surface area contributed by atoms with Crippen molar-refractivity contribution in [2.24, 2.45) is 22.7 Å². The number of carbonyl (C=O) groups excluding carboxylic acids is 1. The Morgan fingerprint density at radius 2 is 1.80 bits per heavy atom. The second kappa shape index (κ2) is 4.98. The Bertz CT molecular complexity index is 419. The molecule has 0 saturated heterocycles. The predicted molar refractivity (Wildman–Crippen MR) is 82.4 cm³/mol. The van der Waals surface area contributed by atoms with Crippen molar-refractivity contribution >= 4 is 5.78 Å². The van der Waals surface area contributed by atoms with E-state index in [9.17, 15) is 9.90 Å². The van der Waals surface area contributed by atoms with Crippen LogP contribution in [0.4, 0.5) is 0 Å². The van der Waals surface area contributed by atoms with Crippen LogP contribution in [-0.4, -0.2) is 16.5 Å². The number of aliphatic hydroxyl groups is 1. The fourth-order valence-corrected chi connectivity index (χ4v) is 5.22. The SMILES string of the molecule is CC(=O)/C=C\C1[C@]2(C)CCCC(C)(C)C2CC[C@@]1(C)O. The molecule has 2 fully saturated rings. The molecule has 20 heavy (non-hydrogen) atoms. The van der Waals surface area contributed by atoms with Gasteiger partial charge in [-0.25, -0.2) is 0 Å². The summed E-state index contributed by atoms with van der Waals surface area (Å²) in [5.41, 5.74) is -0.244. The van der Waals surface area contributed by atoms with Crippen molar-refractivity contribution in [1.82, 2.24) is 0 Å². The third kappa shape index (κ3) is 2.59. The summed E-state index contributed by atoms with van der Waals surface area (Å²) in [5.74, 6) is 0.782. The fourth-order valence-electron chi connectivity index (χ4n) is 5.22. The summed E-state index contributed by atoms with van der Waals surface area (Å²) < 4.78 is 0. The van der Waals surface area contributed by atoms with Gasteiger partial charge in [0.2, 0.25) is 0 Å². The van der Waals surface area contributed by atoms with Gasteiger partial charge in [-0.15, -0.1) is 0 Å². The molecule has 0 aromatic carbocycles. The smallest absolute Gasteiger partial charge is 0.152 e. The zero-order valence-corrected chi connectivity index (χ0v) is 13.7. The van der Waals surface area contributed by atoms with E-state index in [0.29, 0.717) is 11.3 Å². The normalized spacial score (nSPS) is 44.3. The maximum absolute atomic E-state index is 11.3. The van der Waals surface area contributed by atoms with Gasteiger partial charge in [-0.3, -0.25) is 4.79 Å². The quantitative estimate of drug-likeness (QED) is 0.771. The molecule has 2 aliphatic carbocycles. The molecule has 2 heteroatoms. The molecule has 2 unspecified atom stereocenters. The molecule has 0 bridgehead atoms. The van der Waals surface area contributed by atoms with Crippen molar-refractivity contribution in [3.05, 3.63) is 12.2 Å². The average Bonchev–Trinajstić information content (AvgIpc) is 2.25. The lowest BCUT2D eigenvalue weighted by Gasteiger charge is -2.60. The number of allylic oxidation sites excluding steroid dienone is 1. The van der Waals surface area contributed by atoms with Gasteiger partial charge in [-0.2, -0.15) is 0 Å². The fraction of sp³-hybridized carbons (Fsp3) is 0.833. The molecular weight excluding hydrogens is 248 g/mol. The second-order valence-electron chi connectivity index (χ2n) is 8.24. The summed E-state index contributed by atoms with van der Waals surface area (Å²) in [6.07, 6.45) is 9.25. The number of hydrogen-bond donors (Lipinski definition) is 1. The van der Waals surface area contributed by atoms with Crippen molar-refractivity contribution in [3.8, 4) is 0 Å². The van der Waals surface area contributed by atoms with Crippen LogP contribution in [-0.2, 0) is 4.79 Å². The molecule has 0 heterocycles. The van der Waals surface area contributed by atoms with E-state index >= 15 is 0 Å². The third-order valence-corrected chi connectivity index (χ3v) is 6.12. The van der Waals surface area contributed by atoms with Crippen molar-refractivity contribution in [2.45, 2.75) is 72.3 Å². The molecule has 0 spiro atoms. The van der Waals surface area contributed by atoms with Crippen molar-refractivity contribution in [1.29, 1.82) is 0 Å². The molecule has 0 aliphatic heterocycles. The Kier molecular flexibility index (Phi) is 3.92. The van der Waals surface area contributed by atoms with Gasteiger partial charge in [-0.1, -0.05) is 33.3 Å². The second-order valence-corrected chi connectivity index (χ2v) is 8.24. The third-order valence-electron chi connectivity index (χ3n) is 6.12. The molecule has 2 aliphatic rings. The van der Waals surface area contributed by atoms with Gasteiger partial charge in [0.15, 0.2) is 5.78 Å². The van der Waals surface area contributed by atoms with E-state index in [0.717, 1.165) is 19.3 Å². The molecule has 0 amide bonds. The van der Waals surface area contributed by atoms with Crippen LogP contribution in [0.1, 0.15) is 66.7 Å². The summed E-state index contributed by atoms with van der Waals surface area (Å²) in [7, 11) is 0. The van der Waals surface area contributed by atoms with Crippen molar-refractivity contribution in [3.63, 3.8) is 0 Å². The predicted octanol–water partition coefficient (Wildman–Crippen LogP) is 4.13. The number of rotatable bonds is 2. The Labute approximate surface area is 123 Å². The standard InChI is InChI=1S/C18H30O2/c1-13(19)7-8-15-17(4)11-6-10-16(2,3)14(17)9-12-18(15,5)20/h7-8,14-15,20H,6,9-12H2,1-5H3/b8-7-/t14?,15?,17-,18-/m1/s1. The van der Waals surface area contributed by atoms with Crippen LogP contribution in [0.3, 0.4) is 0 Å². The number of ketones is 1. The van der Waals surface area contributed by atoms with Crippen LogP contribution in [0.2, 0.25) is 0 Å². The average molecular weight is 278 g/mol. The minimum atomic E-state index is -0.690. The van der Waals surface area contributed by atoms with E-state index in [2.05, 4.69) is 20.8 Å². The van der Waals surface area contributed by atoms with Gasteiger partial charge in [0, 0.05) is 5.92 Å². The minimum absolute atomic E-state index is 0.0709. The summed E-state index contributed by atoms with van der Waals surface area (Å²) in [6, 6.07) is 0. The molecule has 0 aromatic heterocycles. The van der Waals surface area contributed by atoms with Gasteiger partial charge in [-0.05, 0) is 62.4 Å². The molecule has 0 aromatic rings. The highest BCUT2D eigenvalue weighted by atomic mass is 16.3. The summed E-state index contributed by atoms with van der Waals surface area (Å²) in [6.45, 7) is 10.6. The molecule has 114 valence electrons. The monoisotopic (exact) mass is 278 g/mol.